The average Bonchev–Trinajstić information content (AvgIpc) is 2.58. The van der Waals surface area contributed by atoms with Crippen molar-refractivity contribution in [2.45, 2.75) is 6.04 Å². The number of hydrogen-bond donors (Lipinski definition) is 2. The average molecular weight is 219 g/mol. The van der Waals surface area contributed by atoms with Crippen LogP contribution in [-0.4, -0.2) is 28.7 Å². The van der Waals surface area contributed by atoms with Gasteiger partial charge in [0.1, 0.15) is 6.04 Å². The van der Waals surface area contributed by atoms with Crippen LogP contribution >= 0.6 is 0 Å². The van der Waals surface area contributed by atoms with Crippen LogP contribution in [0.1, 0.15) is 0 Å². The number of hydrazone groups is 1. The van der Waals surface area contributed by atoms with Crippen molar-refractivity contribution in [2.75, 3.05) is 5.01 Å². The van der Waals surface area contributed by atoms with Gasteiger partial charge in [0.25, 0.3) is 5.91 Å². The van der Waals surface area contributed by atoms with Gasteiger partial charge in [0.2, 0.25) is 0 Å². The van der Waals surface area contributed by atoms with E-state index in [0.717, 1.165) is 5.01 Å². The van der Waals surface area contributed by atoms with Gasteiger partial charge in [-0.25, -0.2) is 4.79 Å². The fourth-order valence-electron chi connectivity index (χ4n) is 1.40. The van der Waals surface area contributed by atoms with Crippen LogP contribution in [0.25, 0.3) is 0 Å². The van der Waals surface area contributed by atoms with Gasteiger partial charge in [0.05, 0.1) is 5.69 Å². The van der Waals surface area contributed by atoms with E-state index >= 15 is 0 Å². The summed E-state index contributed by atoms with van der Waals surface area (Å²) in [5, 5.41) is 13.5. The zero-order valence-corrected chi connectivity index (χ0v) is 8.20. The number of amides is 1. The maximum Gasteiger partial charge on any atom is 0.354 e. The largest absolute Gasteiger partial charge is 0.477 e. The number of rotatable bonds is 2. The lowest BCUT2D eigenvalue weighted by atomic mass is 10.2. The van der Waals surface area contributed by atoms with E-state index in [0.29, 0.717) is 5.69 Å². The zero-order valence-electron chi connectivity index (χ0n) is 8.20. The summed E-state index contributed by atoms with van der Waals surface area (Å²) < 4.78 is 0. The second-order valence-electron chi connectivity index (χ2n) is 3.25. The van der Waals surface area contributed by atoms with Crippen LogP contribution in [0.2, 0.25) is 0 Å². The molecule has 3 N–H and O–H groups in total. The Morgan fingerprint density at radius 3 is 2.50 bits per heavy atom. The van der Waals surface area contributed by atoms with Crippen LogP contribution in [0.15, 0.2) is 35.4 Å². The lowest BCUT2D eigenvalue weighted by molar-refractivity contribution is -0.130. The molecule has 1 aromatic carbocycles. The SMILES string of the molecule is NC1C(=O)N(c2ccccc2)N=C1C(=O)O. The van der Waals surface area contributed by atoms with Crippen molar-refractivity contribution in [1.29, 1.82) is 0 Å². The summed E-state index contributed by atoms with van der Waals surface area (Å²) in [5.74, 6) is -1.82. The first-order chi connectivity index (χ1) is 7.61. The van der Waals surface area contributed by atoms with Gasteiger partial charge < -0.3 is 10.8 Å². The number of benzene rings is 1. The van der Waals surface area contributed by atoms with Gasteiger partial charge in [-0.15, -0.1) is 0 Å². The fraction of sp³-hybridized carbons (Fsp3) is 0.100. The van der Waals surface area contributed by atoms with Crippen LogP contribution in [0.5, 0.6) is 0 Å². The molecule has 0 fully saturated rings. The Hall–Kier alpha value is -2.21. The van der Waals surface area contributed by atoms with Crippen LogP contribution in [-0.2, 0) is 9.59 Å². The number of nitrogens with two attached hydrogens (primary N) is 1. The predicted octanol–water partition coefficient (Wildman–Crippen LogP) is -0.199. The van der Waals surface area contributed by atoms with Crippen LogP contribution in [0.3, 0.4) is 0 Å². The standard InChI is InChI=1S/C10H9N3O3/c11-7-8(10(15)16)12-13(9(7)14)6-4-2-1-3-5-6/h1-5,7H,11H2,(H,15,16). The Kier molecular flexibility index (Phi) is 2.41. The molecular formula is C10H9N3O3. The molecular weight excluding hydrogens is 210 g/mol. The van der Waals surface area contributed by atoms with Gasteiger partial charge in [0, 0.05) is 0 Å². The number of aliphatic carboxylic acids is 1. The highest BCUT2D eigenvalue weighted by atomic mass is 16.4. The van der Waals surface area contributed by atoms with Gasteiger partial charge in [-0.05, 0) is 12.1 Å². The molecule has 6 heteroatoms. The highest BCUT2D eigenvalue weighted by Crippen LogP contribution is 2.19. The van der Waals surface area contributed by atoms with Gasteiger partial charge in [0.15, 0.2) is 5.71 Å². The number of carbonyl (C=O) groups is 2. The van der Waals surface area contributed by atoms with E-state index < -0.39 is 17.9 Å². The summed E-state index contributed by atoms with van der Waals surface area (Å²) in [6.45, 7) is 0. The Morgan fingerprint density at radius 2 is 2.00 bits per heavy atom. The highest BCUT2D eigenvalue weighted by molar-refractivity contribution is 6.45. The Bertz CT molecular complexity index is 469. The third kappa shape index (κ3) is 1.55. The molecule has 0 aliphatic carbocycles. The Balaban J connectivity index is 2.38. The molecule has 1 heterocycles. The normalized spacial score (nSPS) is 19.8. The monoisotopic (exact) mass is 219 g/mol. The number of nitrogens with zero attached hydrogens (tertiary/aromatic N) is 2. The van der Waals surface area contributed by atoms with Gasteiger partial charge in [-0.3, -0.25) is 4.79 Å². The van der Waals surface area contributed by atoms with Crippen molar-refractivity contribution in [3.63, 3.8) is 0 Å². The minimum atomic E-state index is -1.28. The van der Waals surface area contributed by atoms with Crippen molar-refractivity contribution >= 4 is 23.3 Å². The van der Waals surface area contributed by atoms with Crippen molar-refractivity contribution in [3.8, 4) is 0 Å². The summed E-state index contributed by atoms with van der Waals surface area (Å²) in [5.41, 5.74) is 5.61. The van der Waals surface area contributed by atoms with E-state index in [4.69, 9.17) is 10.8 Å². The van der Waals surface area contributed by atoms with E-state index in [1.54, 1.807) is 30.3 Å². The van der Waals surface area contributed by atoms with Crippen LogP contribution in [0, 0.1) is 0 Å². The second-order valence-corrected chi connectivity index (χ2v) is 3.25. The number of carbonyl (C=O) groups excluding carboxylic acids is 1. The minimum absolute atomic E-state index is 0.339. The topological polar surface area (TPSA) is 96.0 Å². The molecule has 0 aromatic heterocycles. The van der Waals surface area contributed by atoms with Crippen LogP contribution < -0.4 is 10.7 Å². The number of carboxylic acids is 1. The van der Waals surface area contributed by atoms with E-state index in [9.17, 15) is 9.59 Å². The molecule has 1 amide bonds. The van der Waals surface area contributed by atoms with Crippen molar-refractivity contribution in [3.05, 3.63) is 30.3 Å². The minimum Gasteiger partial charge on any atom is -0.477 e. The summed E-state index contributed by atoms with van der Waals surface area (Å²) in [4.78, 5) is 22.4. The van der Waals surface area contributed by atoms with Gasteiger partial charge in [-0.1, -0.05) is 18.2 Å². The first-order valence-electron chi connectivity index (χ1n) is 4.57. The van der Waals surface area contributed by atoms with Crippen molar-refractivity contribution in [1.82, 2.24) is 0 Å². The molecule has 1 aliphatic heterocycles. The molecule has 1 atom stereocenters. The molecule has 0 bridgehead atoms. The molecule has 1 aromatic rings. The first kappa shape index (κ1) is 10.3. The van der Waals surface area contributed by atoms with Crippen LogP contribution in [0.4, 0.5) is 5.69 Å². The molecule has 0 saturated heterocycles. The summed E-state index contributed by atoms with van der Waals surface area (Å²) >= 11 is 0. The van der Waals surface area contributed by atoms with Crippen molar-refractivity contribution < 1.29 is 14.7 Å². The molecule has 1 aliphatic rings. The van der Waals surface area contributed by atoms with E-state index in [2.05, 4.69) is 5.10 Å². The molecule has 0 spiro atoms. The Morgan fingerprint density at radius 1 is 1.38 bits per heavy atom. The Labute approximate surface area is 91.0 Å². The van der Waals surface area contributed by atoms with Gasteiger partial charge >= 0.3 is 5.97 Å². The first-order valence-corrected chi connectivity index (χ1v) is 4.57. The molecule has 1 unspecified atom stereocenters. The van der Waals surface area contributed by atoms with Crippen molar-refractivity contribution in [2.24, 2.45) is 10.8 Å². The zero-order chi connectivity index (χ0) is 11.7. The highest BCUT2D eigenvalue weighted by Gasteiger charge is 2.37. The molecule has 2 rings (SSSR count). The molecule has 16 heavy (non-hydrogen) atoms. The molecule has 0 radical (unpaired) electrons. The third-order valence-electron chi connectivity index (χ3n) is 2.20. The predicted molar refractivity (Wildman–Crippen MR) is 57.0 cm³/mol. The third-order valence-corrected chi connectivity index (χ3v) is 2.20. The van der Waals surface area contributed by atoms with E-state index in [-0.39, 0.29) is 5.71 Å². The van der Waals surface area contributed by atoms with Gasteiger partial charge in [-0.2, -0.15) is 10.1 Å². The summed E-state index contributed by atoms with van der Waals surface area (Å²) in [6.07, 6.45) is 0. The lowest BCUT2D eigenvalue weighted by Gasteiger charge is -2.11. The second kappa shape index (κ2) is 3.74. The number of para-hydroxylation sites is 1. The number of anilines is 1. The maximum atomic E-state index is 11.6. The molecule has 6 nitrogen and oxygen atoms in total. The fourth-order valence-corrected chi connectivity index (χ4v) is 1.40. The molecule has 82 valence electrons. The maximum absolute atomic E-state index is 11.6. The smallest absolute Gasteiger partial charge is 0.354 e. The lowest BCUT2D eigenvalue weighted by Crippen LogP contribution is -2.41. The summed E-state index contributed by atoms with van der Waals surface area (Å²) in [7, 11) is 0. The number of carboxylic acid groups (broad SMARTS) is 1. The van der Waals surface area contributed by atoms with E-state index in [1.165, 1.54) is 0 Å². The molecule has 0 saturated carbocycles. The van der Waals surface area contributed by atoms with E-state index in [1.807, 2.05) is 0 Å². The summed E-state index contributed by atoms with van der Waals surface area (Å²) in [6, 6.07) is 7.34. The quantitative estimate of drug-likeness (QED) is 0.720. The number of hydrogen-bond acceptors (Lipinski definition) is 4.